The van der Waals surface area contributed by atoms with Crippen LogP contribution >= 0.6 is 0 Å². The van der Waals surface area contributed by atoms with Crippen molar-refractivity contribution in [2.75, 3.05) is 6.54 Å². The Kier molecular flexibility index (Phi) is 6.46. The molecule has 1 fully saturated rings. The lowest BCUT2D eigenvalue weighted by Gasteiger charge is -2.39. The highest BCUT2D eigenvalue weighted by molar-refractivity contribution is 5.78. The Morgan fingerprint density at radius 3 is 2.35 bits per heavy atom. The maximum atomic E-state index is 11.5. The molecule has 0 aliphatic carbocycles. The summed E-state index contributed by atoms with van der Waals surface area (Å²) in [6.45, 7) is 11.4. The molecule has 1 saturated heterocycles. The highest BCUT2D eigenvalue weighted by Crippen LogP contribution is 2.24. The van der Waals surface area contributed by atoms with Crippen molar-refractivity contribution in [1.82, 2.24) is 10.2 Å². The van der Waals surface area contributed by atoms with Gasteiger partial charge in [0.2, 0.25) is 0 Å². The molecule has 1 rings (SSSR count). The van der Waals surface area contributed by atoms with Crippen LogP contribution < -0.4 is 5.32 Å². The number of nitrogens with zero attached hydrogens (tertiary/aromatic N) is 1. The first-order chi connectivity index (χ1) is 9.26. The first-order valence-electron chi connectivity index (χ1n) is 8.03. The fourth-order valence-corrected chi connectivity index (χ4v) is 3.41. The minimum Gasteiger partial charge on any atom is -0.480 e. The average molecular weight is 284 g/mol. The number of aliphatic carboxylic acids is 1. The van der Waals surface area contributed by atoms with Crippen molar-refractivity contribution in [3.8, 4) is 0 Å². The summed E-state index contributed by atoms with van der Waals surface area (Å²) >= 11 is 0. The van der Waals surface area contributed by atoms with Gasteiger partial charge in [-0.05, 0) is 66.8 Å². The Labute approximate surface area is 123 Å². The molecule has 0 saturated carbocycles. The molecule has 0 aromatic rings. The molecular formula is C16H32N2O2. The third-order valence-corrected chi connectivity index (χ3v) is 4.55. The average Bonchev–Trinajstić information content (AvgIpc) is 2.32. The van der Waals surface area contributed by atoms with E-state index in [0.717, 1.165) is 13.0 Å². The summed E-state index contributed by atoms with van der Waals surface area (Å²) in [4.78, 5) is 14.0. The van der Waals surface area contributed by atoms with Gasteiger partial charge in [0, 0.05) is 18.1 Å². The van der Waals surface area contributed by atoms with Gasteiger partial charge in [-0.1, -0.05) is 6.42 Å². The van der Waals surface area contributed by atoms with Crippen LogP contribution in [-0.4, -0.2) is 46.2 Å². The fourth-order valence-electron chi connectivity index (χ4n) is 3.41. The van der Waals surface area contributed by atoms with E-state index in [1.165, 1.54) is 19.3 Å². The second-order valence-corrected chi connectivity index (χ2v) is 6.91. The smallest absolute Gasteiger partial charge is 0.323 e. The zero-order chi connectivity index (χ0) is 15.3. The summed E-state index contributed by atoms with van der Waals surface area (Å²) in [5, 5.41) is 12.6. The zero-order valence-electron chi connectivity index (χ0n) is 13.8. The molecule has 0 radical (unpaired) electrons. The van der Waals surface area contributed by atoms with Gasteiger partial charge in [0.25, 0.3) is 0 Å². The number of carboxylic acids is 1. The maximum Gasteiger partial charge on any atom is 0.323 e. The molecule has 0 aromatic heterocycles. The summed E-state index contributed by atoms with van der Waals surface area (Å²) in [5.41, 5.74) is -0.809. The van der Waals surface area contributed by atoms with Crippen molar-refractivity contribution in [2.45, 2.75) is 90.4 Å². The molecule has 3 unspecified atom stereocenters. The van der Waals surface area contributed by atoms with E-state index < -0.39 is 11.5 Å². The van der Waals surface area contributed by atoms with E-state index in [1.54, 1.807) is 6.92 Å². The first-order valence-corrected chi connectivity index (χ1v) is 8.03. The van der Waals surface area contributed by atoms with Gasteiger partial charge in [-0.2, -0.15) is 0 Å². The first kappa shape index (κ1) is 17.4. The molecular weight excluding hydrogens is 252 g/mol. The van der Waals surface area contributed by atoms with Gasteiger partial charge in [-0.3, -0.25) is 15.0 Å². The zero-order valence-corrected chi connectivity index (χ0v) is 13.8. The van der Waals surface area contributed by atoms with Gasteiger partial charge in [0.05, 0.1) is 0 Å². The number of nitrogens with one attached hydrogen (secondary N) is 1. The second-order valence-electron chi connectivity index (χ2n) is 6.91. The van der Waals surface area contributed by atoms with Crippen LogP contribution in [0.2, 0.25) is 0 Å². The number of hydrogen-bond donors (Lipinski definition) is 2. The van der Waals surface area contributed by atoms with Crippen molar-refractivity contribution in [3.05, 3.63) is 0 Å². The van der Waals surface area contributed by atoms with Crippen LogP contribution in [-0.2, 0) is 4.79 Å². The van der Waals surface area contributed by atoms with Crippen LogP contribution in [0.15, 0.2) is 0 Å². The van der Waals surface area contributed by atoms with E-state index in [0.29, 0.717) is 18.5 Å². The van der Waals surface area contributed by atoms with Crippen molar-refractivity contribution in [2.24, 2.45) is 0 Å². The quantitative estimate of drug-likeness (QED) is 0.755. The monoisotopic (exact) mass is 284 g/mol. The molecule has 1 heterocycles. The lowest BCUT2D eigenvalue weighted by molar-refractivity contribution is -0.144. The highest BCUT2D eigenvalue weighted by Gasteiger charge is 2.33. The number of likely N-dealkylation sites (tertiary alicyclic amines) is 1. The molecule has 0 bridgehead atoms. The van der Waals surface area contributed by atoms with Crippen molar-refractivity contribution in [1.29, 1.82) is 0 Å². The van der Waals surface area contributed by atoms with E-state index in [4.69, 9.17) is 0 Å². The molecule has 0 spiro atoms. The predicted molar refractivity (Wildman–Crippen MR) is 83.0 cm³/mol. The topological polar surface area (TPSA) is 52.6 Å². The molecule has 4 nitrogen and oxygen atoms in total. The number of hydrogen-bond acceptors (Lipinski definition) is 3. The van der Waals surface area contributed by atoms with Gasteiger partial charge in [0.1, 0.15) is 5.54 Å². The maximum absolute atomic E-state index is 11.5. The second kappa shape index (κ2) is 7.41. The van der Waals surface area contributed by atoms with Crippen LogP contribution in [0.3, 0.4) is 0 Å². The van der Waals surface area contributed by atoms with E-state index in [-0.39, 0.29) is 6.04 Å². The number of piperidine rings is 1. The molecule has 0 amide bonds. The van der Waals surface area contributed by atoms with Gasteiger partial charge in [-0.25, -0.2) is 0 Å². The molecule has 118 valence electrons. The van der Waals surface area contributed by atoms with E-state index in [9.17, 15) is 9.90 Å². The normalized spacial score (nSPS) is 27.5. The molecule has 0 aromatic carbocycles. The summed E-state index contributed by atoms with van der Waals surface area (Å²) in [6, 6.07) is 1.45. The van der Waals surface area contributed by atoms with Gasteiger partial charge in [-0.15, -0.1) is 0 Å². The van der Waals surface area contributed by atoms with Crippen molar-refractivity contribution < 1.29 is 9.90 Å². The highest BCUT2D eigenvalue weighted by atomic mass is 16.4. The van der Waals surface area contributed by atoms with Crippen molar-refractivity contribution >= 4 is 5.97 Å². The van der Waals surface area contributed by atoms with E-state index in [1.807, 2.05) is 13.8 Å². The van der Waals surface area contributed by atoms with Gasteiger partial charge in [0.15, 0.2) is 0 Å². The molecule has 2 N–H and O–H groups in total. The van der Waals surface area contributed by atoms with Crippen LogP contribution in [0.4, 0.5) is 0 Å². The third kappa shape index (κ3) is 4.74. The van der Waals surface area contributed by atoms with Crippen molar-refractivity contribution in [3.63, 3.8) is 0 Å². The summed E-state index contributed by atoms with van der Waals surface area (Å²) in [6.07, 6.45) is 5.46. The van der Waals surface area contributed by atoms with E-state index >= 15 is 0 Å². The van der Waals surface area contributed by atoms with Gasteiger partial charge < -0.3 is 5.11 Å². The van der Waals surface area contributed by atoms with Crippen LogP contribution in [0, 0.1) is 0 Å². The predicted octanol–water partition coefficient (Wildman–Crippen LogP) is 2.87. The molecule has 4 heteroatoms. The Morgan fingerprint density at radius 2 is 1.90 bits per heavy atom. The lowest BCUT2D eigenvalue weighted by Crippen LogP contribution is -2.53. The number of carboxylic acid groups (broad SMARTS) is 1. The SMILES string of the molecule is CC(C)NC(C)(CCCN1C(C)CCCC1C)C(=O)O. The summed E-state index contributed by atoms with van der Waals surface area (Å²) < 4.78 is 0. The van der Waals surface area contributed by atoms with Crippen LogP contribution in [0.1, 0.15) is 66.7 Å². The minimum absolute atomic E-state index is 0.184. The molecule has 1 aliphatic heterocycles. The summed E-state index contributed by atoms with van der Waals surface area (Å²) in [5.74, 6) is -0.744. The Hall–Kier alpha value is -0.610. The number of carbonyl (C=O) groups is 1. The van der Waals surface area contributed by atoms with Crippen LogP contribution in [0.25, 0.3) is 0 Å². The molecule has 20 heavy (non-hydrogen) atoms. The minimum atomic E-state index is -0.809. The largest absolute Gasteiger partial charge is 0.480 e. The third-order valence-electron chi connectivity index (χ3n) is 4.55. The number of rotatable bonds is 7. The summed E-state index contributed by atoms with van der Waals surface area (Å²) in [7, 11) is 0. The lowest BCUT2D eigenvalue weighted by atomic mass is 9.93. The van der Waals surface area contributed by atoms with Gasteiger partial charge >= 0.3 is 5.97 Å². The standard InChI is InChI=1S/C16H32N2O2/c1-12(2)17-16(5,15(19)20)10-7-11-18-13(3)8-6-9-14(18)4/h12-14,17H,6-11H2,1-5H3,(H,19,20). The van der Waals surface area contributed by atoms with Crippen LogP contribution in [0.5, 0.6) is 0 Å². The Morgan fingerprint density at radius 1 is 1.35 bits per heavy atom. The Balaban J connectivity index is 2.49. The molecule has 1 aliphatic rings. The Bertz CT molecular complexity index is 310. The molecule has 3 atom stereocenters. The fraction of sp³-hybridized carbons (Fsp3) is 0.938. The van der Waals surface area contributed by atoms with E-state index in [2.05, 4.69) is 24.1 Å².